The number of nitrogens with two attached hydrogens (primary N) is 1. The third kappa shape index (κ3) is 2.67. The van der Waals surface area contributed by atoms with Crippen LogP contribution in [0.2, 0.25) is 0 Å². The van der Waals surface area contributed by atoms with Crippen molar-refractivity contribution in [3.05, 3.63) is 30.1 Å². The SMILES string of the molecule is CCC(N)(CC)c1noc(-c2ccc(N(C)C)cc2)n1. The standard InChI is InChI=1S/C15H22N4O/c1-5-15(16,6-2)14-17-13(20-18-14)11-7-9-12(10-8-11)19(3)4/h7-10H,5-6,16H2,1-4H3. The average Bonchev–Trinajstić information content (AvgIpc) is 2.97. The molecule has 1 aromatic heterocycles. The van der Waals surface area contributed by atoms with Crippen LogP contribution in [0.5, 0.6) is 0 Å². The third-order valence-corrected chi connectivity index (χ3v) is 3.76. The van der Waals surface area contributed by atoms with Crippen LogP contribution in [0.4, 0.5) is 5.69 Å². The lowest BCUT2D eigenvalue weighted by Crippen LogP contribution is -2.36. The molecule has 2 aromatic rings. The van der Waals surface area contributed by atoms with Crippen molar-refractivity contribution < 1.29 is 4.52 Å². The highest BCUT2D eigenvalue weighted by atomic mass is 16.5. The second-order valence-corrected chi connectivity index (χ2v) is 5.23. The van der Waals surface area contributed by atoms with Gasteiger partial charge in [0.1, 0.15) is 0 Å². The highest BCUT2D eigenvalue weighted by Gasteiger charge is 2.29. The van der Waals surface area contributed by atoms with E-state index in [4.69, 9.17) is 10.3 Å². The fourth-order valence-electron chi connectivity index (χ4n) is 2.01. The zero-order valence-corrected chi connectivity index (χ0v) is 12.6. The summed E-state index contributed by atoms with van der Waals surface area (Å²) in [6, 6.07) is 7.99. The van der Waals surface area contributed by atoms with Crippen molar-refractivity contribution in [2.75, 3.05) is 19.0 Å². The van der Waals surface area contributed by atoms with Gasteiger partial charge in [0.2, 0.25) is 0 Å². The number of anilines is 1. The molecular formula is C15H22N4O. The van der Waals surface area contributed by atoms with Crippen molar-refractivity contribution >= 4 is 5.69 Å². The molecule has 2 rings (SSSR count). The van der Waals surface area contributed by atoms with Crippen LogP contribution in [0.25, 0.3) is 11.5 Å². The Bertz CT molecular complexity index is 556. The maximum absolute atomic E-state index is 6.28. The Hall–Kier alpha value is -1.88. The Kier molecular flexibility index (Phi) is 4.09. The van der Waals surface area contributed by atoms with E-state index in [1.54, 1.807) is 0 Å². The summed E-state index contributed by atoms with van der Waals surface area (Å²) in [5.74, 6) is 1.09. The van der Waals surface area contributed by atoms with Gasteiger partial charge in [-0.05, 0) is 37.1 Å². The monoisotopic (exact) mass is 274 g/mol. The highest BCUT2D eigenvalue weighted by molar-refractivity contribution is 5.58. The molecular weight excluding hydrogens is 252 g/mol. The maximum atomic E-state index is 6.28. The van der Waals surface area contributed by atoms with Gasteiger partial charge in [-0.1, -0.05) is 19.0 Å². The molecule has 0 radical (unpaired) electrons. The molecule has 1 heterocycles. The Balaban J connectivity index is 2.29. The van der Waals surface area contributed by atoms with Crippen molar-refractivity contribution in [3.8, 4) is 11.5 Å². The van der Waals surface area contributed by atoms with E-state index >= 15 is 0 Å². The van der Waals surface area contributed by atoms with Crippen LogP contribution in [-0.2, 0) is 5.54 Å². The summed E-state index contributed by atoms with van der Waals surface area (Å²) in [5.41, 5.74) is 7.81. The van der Waals surface area contributed by atoms with E-state index in [1.807, 2.05) is 57.1 Å². The quantitative estimate of drug-likeness (QED) is 0.908. The first kappa shape index (κ1) is 14.5. The lowest BCUT2D eigenvalue weighted by molar-refractivity contribution is 0.350. The molecule has 0 unspecified atom stereocenters. The van der Waals surface area contributed by atoms with Crippen molar-refractivity contribution in [2.45, 2.75) is 32.2 Å². The number of hydrogen-bond acceptors (Lipinski definition) is 5. The van der Waals surface area contributed by atoms with Gasteiger partial charge in [-0.2, -0.15) is 4.98 Å². The van der Waals surface area contributed by atoms with E-state index in [2.05, 4.69) is 10.1 Å². The summed E-state index contributed by atoms with van der Waals surface area (Å²) >= 11 is 0. The van der Waals surface area contributed by atoms with Crippen LogP contribution in [0.1, 0.15) is 32.5 Å². The minimum absolute atomic E-state index is 0.509. The number of benzene rings is 1. The predicted molar refractivity (Wildman–Crippen MR) is 80.5 cm³/mol. The zero-order chi connectivity index (χ0) is 14.8. The average molecular weight is 274 g/mol. The van der Waals surface area contributed by atoms with Crippen molar-refractivity contribution in [2.24, 2.45) is 5.73 Å². The summed E-state index contributed by atoms with van der Waals surface area (Å²) in [6.45, 7) is 4.07. The Labute approximate surface area is 119 Å². The van der Waals surface area contributed by atoms with Crippen LogP contribution in [0, 0.1) is 0 Å². The van der Waals surface area contributed by atoms with Crippen LogP contribution < -0.4 is 10.6 Å². The highest BCUT2D eigenvalue weighted by Crippen LogP contribution is 2.26. The van der Waals surface area contributed by atoms with E-state index < -0.39 is 5.54 Å². The van der Waals surface area contributed by atoms with Gasteiger partial charge in [-0.3, -0.25) is 0 Å². The lowest BCUT2D eigenvalue weighted by atomic mass is 9.93. The molecule has 5 heteroatoms. The molecule has 0 fully saturated rings. The first-order valence-corrected chi connectivity index (χ1v) is 6.91. The van der Waals surface area contributed by atoms with Crippen LogP contribution in [0.3, 0.4) is 0 Å². The minimum atomic E-state index is -0.509. The van der Waals surface area contributed by atoms with Crippen LogP contribution in [-0.4, -0.2) is 24.2 Å². The van der Waals surface area contributed by atoms with Gasteiger partial charge >= 0.3 is 0 Å². The summed E-state index contributed by atoms with van der Waals surface area (Å²) in [5, 5.41) is 4.04. The fraction of sp³-hybridized carbons (Fsp3) is 0.467. The number of rotatable bonds is 5. The smallest absolute Gasteiger partial charge is 0.257 e. The van der Waals surface area contributed by atoms with Gasteiger partial charge in [-0.25, -0.2) is 0 Å². The number of aromatic nitrogens is 2. The molecule has 0 saturated carbocycles. The summed E-state index contributed by atoms with van der Waals surface area (Å²) in [6.07, 6.45) is 1.56. The molecule has 1 aromatic carbocycles. The summed E-state index contributed by atoms with van der Waals surface area (Å²) in [4.78, 5) is 6.50. The van der Waals surface area contributed by atoms with Gasteiger partial charge in [-0.15, -0.1) is 0 Å². The van der Waals surface area contributed by atoms with Gasteiger partial charge in [0.05, 0.1) is 5.54 Å². The summed E-state index contributed by atoms with van der Waals surface area (Å²) in [7, 11) is 4.01. The van der Waals surface area contributed by atoms with E-state index in [9.17, 15) is 0 Å². The zero-order valence-electron chi connectivity index (χ0n) is 12.6. The number of nitrogens with zero attached hydrogens (tertiary/aromatic N) is 3. The molecule has 0 saturated heterocycles. The van der Waals surface area contributed by atoms with Crippen LogP contribution in [0.15, 0.2) is 28.8 Å². The van der Waals surface area contributed by atoms with E-state index in [1.165, 1.54) is 0 Å². The molecule has 0 aliphatic rings. The summed E-state index contributed by atoms with van der Waals surface area (Å²) < 4.78 is 5.35. The Morgan fingerprint density at radius 3 is 2.25 bits per heavy atom. The van der Waals surface area contributed by atoms with E-state index in [0.717, 1.165) is 24.1 Å². The van der Waals surface area contributed by atoms with Crippen molar-refractivity contribution in [3.63, 3.8) is 0 Å². The molecule has 108 valence electrons. The molecule has 0 amide bonds. The first-order valence-electron chi connectivity index (χ1n) is 6.91. The second-order valence-electron chi connectivity index (χ2n) is 5.23. The molecule has 0 bridgehead atoms. The maximum Gasteiger partial charge on any atom is 0.257 e. The molecule has 5 nitrogen and oxygen atoms in total. The van der Waals surface area contributed by atoms with Gasteiger partial charge < -0.3 is 15.2 Å². The molecule has 20 heavy (non-hydrogen) atoms. The molecule has 0 spiro atoms. The fourth-order valence-corrected chi connectivity index (χ4v) is 2.01. The minimum Gasteiger partial charge on any atom is -0.378 e. The van der Waals surface area contributed by atoms with E-state index in [-0.39, 0.29) is 0 Å². The first-order chi connectivity index (χ1) is 9.50. The van der Waals surface area contributed by atoms with Crippen molar-refractivity contribution in [1.82, 2.24) is 10.1 Å². The van der Waals surface area contributed by atoms with Crippen molar-refractivity contribution in [1.29, 1.82) is 0 Å². The van der Waals surface area contributed by atoms with E-state index in [0.29, 0.717) is 11.7 Å². The Morgan fingerprint density at radius 1 is 1.15 bits per heavy atom. The lowest BCUT2D eigenvalue weighted by Gasteiger charge is -2.21. The topological polar surface area (TPSA) is 68.2 Å². The normalized spacial score (nSPS) is 11.7. The predicted octanol–water partition coefficient (Wildman–Crippen LogP) is 2.78. The van der Waals surface area contributed by atoms with Gasteiger partial charge in [0.25, 0.3) is 5.89 Å². The second kappa shape index (κ2) is 5.63. The van der Waals surface area contributed by atoms with Gasteiger partial charge in [0, 0.05) is 25.3 Å². The van der Waals surface area contributed by atoms with Gasteiger partial charge in [0.15, 0.2) is 5.82 Å². The van der Waals surface area contributed by atoms with Crippen LogP contribution >= 0.6 is 0 Å². The molecule has 2 N–H and O–H groups in total. The molecule has 0 aliphatic heterocycles. The third-order valence-electron chi connectivity index (χ3n) is 3.76. The largest absolute Gasteiger partial charge is 0.378 e. The Morgan fingerprint density at radius 2 is 1.75 bits per heavy atom. The number of hydrogen-bond donors (Lipinski definition) is 1. The molecule has 0 aliphatic carbocycles. The molecule has 0 atom stereocenters.